The number of aromatic hydroxyl groups is 1. The van der Waals surface area contributed by atoms with Gasteiger partial charge >= 0.3 is 0 Å². The Balaban J connectivity index is 1.91. The SMILES string of the molecule is COc1ccc(SCc2nn(C(C)=O)c3cccc(O)c23)cc1. The van der Waals surface area contributed by atoms with Crippen LogP contribution in [0, 0.1) is 0 Å². The normalized spacial score (nSPS) is 10.9. The number of fused-ring (bicyclic) bond motifs is 1. The average Bonchev–Trinajstić information content (AvgIpc) is 2.94. The largest absolute Gasteiger partial charge is 0.507 e. The van der Waals surface area contributed by atoms with Crippen molar-refractivity contribution in [3.05, 3.63) is 48.2 Å². The molecule has 0 aliphatic carbocycles. The Bertz CT molecular complexity index is 856. The van der Waals surface area contributed by atoms with E-state index in [-0.39, 0.29) is 11.7 Å². The number of phenolic OH excluding ortho intramolecular Hbond substituents is 1. The van der Waals surface area contributed by atoms with Crippen LogP contribution in [0.3, 0.4) is 0 Å². The fourth-order valence-corrected chi connectivity index (χ4v) is 3.22. The number of aromatic nitrogens is 2. The molecule has 6 heteroatoms. The van der Waals surface area contributed by atoms with Crippen LogP contribution in [0.15, 0.2) is 47.4 Å². The number of phenols is 1. The minimum atomic E-state index is -0.179. The Morgan fingerprint density at radius 1 is 1.26 bits per heavy atom. The van der Waals surface area contributed by atoms with E-state index in [0.717, 1.165) is 10.6 Å². The van der Waals surface area contributed by atoms with E-state index in [4.69, 9.17) is 4.74 Å². The zero-order chi connectivity index (χ0) is 16.4. The van der Waals surface area contributed by atoms with Gasteiger partial charge in [0.25, 0.3) is 0 Å². The van der Waals surface area contributed by atoms with Gasteiger partial charge in [0.15, 0.2) is 0 Å². The van der Waals surface area contributed by atoms with Gasteiger partial charge in [-0.15, -0.1) is 11.8 Å². The van der Waals surface area contributed by atoms with Gasteiger partial charge in [-0.1, -0.05) is 6.07 Å². The molecular weight excluding hydrogens is 312 g/mol. The maximum Gasteiger partial charge on any atom is 0.244 e. The molecule has 0 radical (unpaired) electrons. The van der Waals surface area contributed by atoms with Gasteiger partial charge in [0.2, 0.25) is 5.91 Å². The van der Waals surface area contributed by atoms with Crippen molar-refractivity contribution in [2.45, 2.75) is 17.6 Å². The standard InChI is InChI=1S/C17H16N2O3S/c1-11(20)19-15-4-3-5-16(21)17(15)14(18-19)10-23-13-8-6-12(22-2)7-9-13/h3-9,21H,10H2,1-2H3. The van der Waals surface area contributed by atoms with Crippen LogP contribution in [-0.4, -0.2) is 27.9 Å². The van der Waals surface area contributed by atoms with Crippen LogP contribution in [0.1, 0.15) is 17.4 Å². The first-order chi connectivity index (χ1) is 11.1. The van der Waals surface area contributed by atoms with E-state index in [2.05, 4.69) is 5.10 Å². The van der Waals surface area contributed by atoms with Crippen molar-refractivity contribution in [3.63, 3.8) is 0 Å². The van der Waals surface area contributed by atoms with Crippen molar-refractivity contribution < 1.29 is 14.6 Å². The molecule has 3 rings (SSSR count). The molecule has 1 aromatic heterocycles. The third kappa shape index (κ3) is 3.03. The summed E-state index contributed by atoms with van der Waals surface area (Å²) in [5.74, 6) is 1.32. The minimum absolute atomic E-state index is 0.139. The van der Waals surface area contributed by atoms with E-state index < -0.39 is 0 Å². The van der Waals surface area contributed by atoms with Crippen LogP contribution in [0.2, 0.25) is 0 Å². The summed E-state index contributed by atoms with van der Waals surface area (Å²) in [4.78, 5) is 12.8. The van der Waals surface area contributed by atoms with Crippen LogP contribution in [0.5, 0.6) is 11.5 Å². The number of ether oxygens (including phenoxy) is 1. The first kappa shape index (κ1) is 15.4. The molecule has 0 atom stereocenters. The summed E-state index contributed by atoms with van der Waals surface area (Å²) in [7, 11) is 1.63. The van der Waals surface area contributed by atoms with Crippen LogP contribution in [-0.2, 0) is 5.75 Å². The Morgan fingerprint density at radius 3 is 2.65 bits per heavy atom. The molecule has 0 bridgehead atoms. The Labute approximate surface area is 137 Å². The lowest BCUT2D eigenvalue weighted by molar-refractivity contribution is 0.0926. The molecule has 118 valence electrons. The van der Waals surface area contributed by atoms with E-state index in [1.807, 2.05) is 24.3 Å². The van der Waals surface area contributed by atoms with Gasteiger partial charge in [0, 0.05) is 17.6 Å². The van der Waals surface area contributed by atoms with Crippen molar-refractivity contribution in [1.29, 1.82) is 0 Å². The smallest absolute Gasteiger partial charge is 0.244 e. The third-order valence-corrected chi connectivity index (χ3v) is 4.51. The monoisotopic (exact) mass is 328 g/mol. The molecule has 23 heavy (non-hydrogen) atoms. The molecule has 5 nitrogen and oxygen atoms in total. The Kier molecular flexibility index (Phi) is 4.25. The summed E-state index contributed by atoms with van der Waals surface area (Å²) in [5, 5.41) is 15.1. The lowest BCUT2D eigenvalue weighted by Gasteiger charge is -2.03. The summed E-state index contributed by atoms with van der Waals surface area (Å²) in [6, 6.07) is 12.8. The summed E-state index contributed by atoms with van der Waals surface area (Å²) >= 11 is 1.59. The molecule has 2 aromatic carbocycles. The first-order valence-electron chi connectivity index (χ1n) is 7.07. The molecule has 3 aromatic rings. The number of hydrogen-bond acceptors (Lipinski definition) is 5. The van der Waals surface area contributed by atoms with Crippen LogP contribution >= 0.6 is 11.8 Å². The van der Waals surface area contributed by atoms with Gasteiger partial charge in [0.1, 0.15) is 11.5 Å². The van der Waals surface area contributed by atoms with E-state index in [9.17, 15) is 9.90 Å². The molecule has 0 saturated heterocycles. The van der Waals surface area contributed by atoms with Crippen molar-refractivity contribution >= 4 is 28.6 Å². The lowest BCUT2D eigenvalue weighted by Crippen LogP contribution is -2.07. The number of rotatable bonds is 4. The van der Waals surface area contributed by atoms with E-state index in [1.165, 1.54) is 11.6 Å². The number of nitrogens with zero attached hydrogens (tertiary/aromatic N) is 2. The van der Waals surface area contributed by atoms with Gasteiger partial charge in [-0.3, -0.25) is 4.79 Å². The summed E-state index contributed by atoms with van der Waals surface area (Å²) < 4.78 is 6.47. The second-order valence-electron chi connectivity index (χ2n) is 5.01. The highest BCUT2D eigenvalue weighted by molar-refractivity contribution is 7.98. The van der Waals surface area contributed by atoms with E-state index >= 15 is 0 Å². The van der Waals surface area contributed by atoms with Gasteiger partial charge in [-0.05, 0) is 36.4 Å². The predicted molar refractivity (Wildman–Crippen MR) is 90.3 cm³/mol. The fourth-order valence-electron chi connectivity index (χ4n) is 2.39. The summed E-state index contributed by atoms with van der Waals surface area (Å²) in [5.41, 5.74) is 1.32. The van der Waals surface area contributed by atoms with Crippen LogP contribution < -0.4 is 4.74 Å². The van der Waals surface area contributed by atoms with E-state index in [1.54, 1.807) is 37.1 Å². The van der Waals surface area contributed by atoms with Crippen molar-refractivity contribution in [1.82, 2.24) is 9.78 Å². The maximum absolute atomic E-state index is 11.7. The predicted octanol–water partition coefficient (Wildman–Crippen LogP) is 3.70. The number of hydrogen-bond donors (Lipinski definition) is 1. The highest BCUT2D eigenvalue weighted by Gasteiger charge is 2.16. The topological polar surface area (TPSA) is 64.4 Å². The fraction of sp³-hybridized carbons (Fsp3) is 0.176. The second kappa shape index (κ2) is 6.34. The highest BCUT2D eigenvalue weighted by atomic mass is 32.2. The lowest BCUT2D eigenvalue weighted by atomic mass is 10.2. The maximum atomic E-state index is 11.7. The van der Waals surface area contributed by atoms with Crippen LogP contribution in [0.4, 0.5) is 0 Å². The van der Waals surface area contributed by atoms with Crippen molar-refractivity contribution in [3.8, 4) is 11.5 Å². The number of thioether (sulfide) groups is 1. The molecule has 1 N–H and O–H groups in total. The number of benzene rings is 2. The minimum Gasteiger partial charge on any atom is -0.507 e. The molecule has 0 saturated carbocycles. The van der Waals surface area contributed by atoms with Gasteiger partial charge in [0.05, 0.1) is 23.7 Å². The first-order valence-corrected chi connectivity index (χ1v) is 8.06. The zero-order valence-electron chi connectivity index (χ0n) is 12.8. The average molecular weight is 328 g/mol. The molecule has 0 fully saturated rings. The Hall–Kier alpha value is -2.47. The van der Waals surface area contributed by atoms with Crippen molar-refractivity contribution in [2.75, 3.05) is 7.11 Å². The number of carbonyl (C=O) groups is 1. The van der Waals surface area contributed by atoms with Gasteiger partial charge in [-0.2, -0.15) is 9.78 Å². The van der Waals surface area contributed by atoms with Crippen LogP contribution in [0.25, 0.3) is 10.9 Å². The third-order valence-electron chi connectivity index (χ3n) is 3.49. The van der Waals surface area contributed by atoms with Gasteiger partial charge in [-0.25, -0.2) is 0 Å². The quantitative estimate of drug-likeness (QED) is 0.740. The summed E-state index contributed by atoms with van der Waals surface area (Å²) in [6.45, 7) is 1.46. The van der Waals surface area contributed by atoms with E-state index in [0.29, 0.717) is 22.3 Å². The summed E-state index contributed by atoms with van der Waals surface area (Å²) in [6.07, 6.45) is 0. The molecule has 1 heterocycles. The van der Waals surface area contributed by atoms with Crippen molar-refractivity contribution in [2.24, 2.45) is 0 Å². The molecule has 0 aliphatic rings. The second-order valence-corrected chi connectivity index (χ2v) is 6.06. The molecular formula is C17H16N2O3S. The Morgan fingerprint density at radius 2 is 2.00 bits per heavy atom. The number of carbonyl (C=O) groups excluding carboxylic acids is 1. The highest BCUT2D eigenvalue weighted by Crippen LogP contribution is 2.32. The van der Waals surface area contributed by atoms with Gasteiger partial charge < -0.3 is 9.84 Å². The molecule has 0 unspecified atom stereocenters. The molecule has 0 spiro atoms. The zero-order valence-corrected chi connectivity index (χ0v) is 13.6. The number of methoxy groups -OCH3 is 1. The molecule has 0 amide bonds. The molecule has 0 aliphatic heterocycles.